The number of para-hydroxylation sites is 1. The number of carbonyl (C=O) groups excluding carboxylic acids is 3. The van der Waals surface area contributed by atoms with Crippen LogP contribution in [0.2, 0.25) is 0 Å². The zero-order valence-electron chi connectivity index (χ0n) is 26.7. The first-order chi connectivity index (χ1) is 24.1. The molecule has 0 saturated carbocycles. The van der Waals surface area contributed by atoms with Gasteiger partial charge in [0.2, 0.25) is 11.8 Å². The molecule has 0 aromatic heterocycles. The first-order valence-electron chi connectivity index (χ1n) is 15.8. The molecule has 3 amide bonds. The molecule has 3 unspecified atom stereocenters. The second-order valence-electron chi connectivity index (χ2n) is 11.7. The highest BCUT2D eigenvalue weighted by Crippen LogP contribution is 2.49. The van der Waals surface area contributed by atoms with Gasteiger partial charge in [-0.3, -0.25) is 14.4 Å². The van der Waals surface area contributed by atoms with Gasteiger partial charge >= 0.3 is 5.97 Å². The number of aromatic hydroxyl groups is 1. The maximum absolute atomic E-state index is 13.4. The van der Waals surface area contributed by atoms with Crippen molar-refractivity contribution in [2.75, 3.05) is 18.1 Å². The summed E-state index contributed by atoms with van der Waals surface area (Å²) in [6, 6.07) is 23.5. The summed E-state index contributed by atoms with van der Waals surface area (Å²) in [4.78, 5) is 52.1. The summed E-state index contributed by atoms with van der Waals surface area (Å²) in [5.41, 5.74) is 1.93. The maximum atomic E-state index is 13.4. The van der Waals surface area contributed by atoms with Crippen LogP contribution in [0.15, 0.2) is 103 Å². The van der Waals surface area contributed by atoms with Gasteiger partial charge in [0.1, 0.15) is 29.4 Å². The third-order valence-corrected chi connectivity index (χ3v) is 8.44. The Balaban J connectivity index is 1.28. The van der Waals surface area contributed by atoms with Crippen LogP contribution in [0, 0.1) is 11.7 Å². The van der Waals surface area contributed by atoms with Crippen molar-refractivity contribution in [1.29, 1.82) is 0 Å². The Morgan fingerprint density at radius 2 is 1.54 bits per heavy atom. The third-order valence-electron chi connectivity index (χ3n) is 8.44. The Labute approximate surface area is 286 Å². The number of ether oxygens (including phenoxy) is 1. The van der Waals surface area contributed by atoms with E-state index in [0.717, 1.165) is 0 Å². The summed E-state index contributed by atoms with van der Waals surface area (Å²) in [5, 5.41) is 45.1. The molecule has 5 atom stereocenters. The van der Waals surface area contributed by atoms with Crippen LogP contribution in [0.1, 0.15) is 47.7 Å². The van der Waals surface area contributed by atoms with Crippen molar-refractivity contribution in [1.82, 2.24) is 10.6 Å². The second kappa shape index (κ2) is 16.1. The lowest BCUT2D eigenvalue weighted by Gasteiger charge is -2.48. The number of carbonyl (C=O) groups is 4. The molecule has 12 nitrogen and oxygen atoms in total. The van der Waals surface area contributed by atoms with Crippen LogP contribution >= 0.6 is 0 Å². The molecule has 6 N–H and O–H groups in total. The number of hydrogen-bond donors (Lipinski definition) is 6. The molecule has 1 saturated heterocycles. The molecule has 0 spiro atoms. The van der Waals surface area contributed by atoms with Crippen molar-refractivity contribution in [3.63, 3.8) is 0 Å². The molecule has 50 heavy (non-hydrogen) atoms. The number of aliphatic hydroxyl groups excluding tert-OH is 2. The summed E-state index contributed by atoms with van der Waals surface area (Å²) in [6.07, 6.45) is -0.423. The van der Waals surface area contributed by atoms with E-state index in [0.29, 0.717) is 22.4 Å². The van der Waals surface area contributed by atoms with Crippen molar-refractivity contribution < 1.29 is 48.7 Å². The molecule has 5 rings (SSSR count). The molecule has 1 aliphatic heterocycles. The fourth-order valence-electron chi connectivity index (χ4n) is 5.85. The van der Waals surface area contributed by atoms with E-state index < -0.39 is 67.0 Å². The van der Waals surface area contributed by atoms with Crippen molar-refractivity contribution in [3.05, 3.63) is 126 Å². The van der Waals surface area contributed by atoms with Gasteiger partial charge in [-0.1, -0.05) is 60.7 Å². The van der Waals surface area contributed by atoms with Crippen LogP contribution in [-0.4, -0.2) is 63.4 Å². The average molecular weight is 686 g/mol. The van der Waals surface area contributed by atoms with E-state index in [9.17, 15) is 44.0 Å². The molecular formula is C37H36FN3O9. The monoisotopic (exact) mass is 685 g/mol. The van der Waals surface area contributed by atoms with Crippen LogP contribution in [0.4, 0.5) is 10.1 Å². The Kier molecular flexibility index (Phi) is 11.4. The lowest BCUT2D eigenvalue weighted by Crippen LogP contribution is -2.55. The summed E-state index contributed by atoms with van der Waals surface area (Å²) < 4.78 is 19.0. The number of benzene rings is 4. The molecule has 1 heterocycles. The molecule has 1 fully saturated rings. The number of nitrogens with zero attached hydrogens (tertiary/aromatic N) is 1. The zero-order valence-corrected chi connectivity index (χ0v) is 26.7. The average Bonchev–Trinajstić information content (AvgIpc) is 3.12. The summed E-state index contributed by atoms with van der Waals surface area (Å²) in [5.74, 6) is -4.30. The quantitative estimate of drug-likeness (QED) is 0.102. The third kappa shape index (κ3) is 8.25. The highest BCUT2D eigenvalue weighted by molar-refractivity contribution is 6.03. The number of anilines is 1. The lowest BCUT2D eigenvalue weighted by molar-refractivity contribution is -0.143. The molecule has 0 radical (unpaired) electrons. The number of β-lactam (4-membered cyclic amide) rings is 1. The van der Waals surface area contributed by atoms with E-state index in [1.165, 1.54) is 36.4 Å². The van der Waals surface area contributed by atoms with E-state index in [1.807, 2.05) is 6.07 Å². The first kappa shape index (κ1) is 35.5. The predicted octanol–water partition coefficient (Wildman–Crippen LogP) is 3.55. The Hall–Kier alpha value is -5.79. The van der Waals surface area contributed by atoms with Crippen LogP contribution in [0.25, 0.3) is 0 Å². The van der Waals surface area contributed by atoms with Crippen LogP contribution < -0.4 is 20.3 Å². The molecular weight excluding hydrogens is 649 g/mol. The van der Waals surface area contributed by atoms with E-state index in [1.54, 1.807) is 65.6 Å². The number of aliphatic hydroxyl groups is 2. The smallest absolute Gasteiger partial charge is 0.328 e. The number of phenols is 1. The minimum Gasteiger partial charge on any atom is -0.507 e. The van der Waals surface area contributed by atoms with E-state index in [4.69, 9.17) is 4.74 Å². The first-order valence-corrected chi connectivity index (χ1v) is 15.8. The number of phenolic OH excluding ortho intramolecular Hbond substituents is 1. The summed E-state index contributed by atoms with van der Waals surface area (Å²) >= 11 is 0. The lowest BCUT2D eigenvalue weighted by atomic mass is 9.78. The van der Waals surface area contributed by atoms with Gasteiger partial charge in [0.05, 0.1) is 24.7 Å². The summed E-state index contributed by atoms with van der Waals surface area (Å²) in [6.45, 7) is -1.42. The number of halogens is 1. The fraction of sp³-hybridized carbons (Fsp3) is 0.243. The summed E-state index contributed by atoms with van der Waals surface area (Å²) in [7, 11) is 0. The van der Waals surface area contributed by atoms with E-state index in [-0.39, 0.29) is 30.2 Å². The molecule has 1 aliphatic rings. The number of nitrogens with one attached hydrogen (secondary N) is 2. The number of aliphatic carboxylic acids is 1. The normalized spacial score (nSPS) is 17.2. The van der Waals surface area contributed by atoms with Crippen molar-refractivity contribution in [3.8, 4) is 11.5 Å². The van der Waals surface area contributed by atoms with Crippen LogP contribution in [0.5, 0.6) is 11.5 Å². The highest BCUT2D eigenvalue weighted by atomic mass is 19.1. The number of amides is 3. The van der Waals surface area contributed by atoms with Gasteiger partial charge in [-0.05, 0) is 60.4 Å². The fourth-order valence-corrected chi connectivity index (χ4v) is 5.85. The van der Waals surface area contributed by atoms with E-state index in [2.05, 4.69) is 10.6 Å². The molecule has 0 aliphatic carbocycles. The topological polar surface area (TPSA) is 186 Å². The highest BCUT2D eigenvalue weighted by Gasteiger charge is 2.49. The predicted molar refractivity (Wildman–Crippen MR) is 178 cm³/mol. The van der Waals surface area contributed by atoms with Gasteiger partial charge in [-0.2, -0.15) is 0 Å². The molecule has 4 aromatic rings. The van der Waals surface area contributed by atoms with Crippen LogP contribution in [0.3, 0.4) is 0 Å². The second-order valence-corrected chi connectivity index (χ2v) is 11.7. The molecule has 4 aromatic carbocycles. The van der Waals surface area contributed by atoms with Gasteiger partial charge in [0.25, 0.3) is 5.91 Å². The minimum atomic E-state index is -1.58. The molecule has 0 bridgehead atoms. The molecule has 13 heteroatoms. The Morgan fingerprint density at radius 3 is 2.16 bits per heavy atom. The van der Waals surface area contributed by atoms with Gasteiger partial charge in [-0.15, -0.1) is 0 Å². The standard InChI is InChI=1S/C37H36FN3O9/c38-24-13-11-22(12-14-24)30(43)18-17-28-34(41(36(28)47)25-9-5-2-6-10-25)27-16-15-26(19-31(27)44)50-21-32(45)40-33(23-7-3-1-4-8-23)35(46)39-29(20-42)37(48)49/h1-16,19,28-30,33-34,42-44H,17-18,20-21H2,(H,39,46)(H,40,45)(H,48,49)/t28?,29-,30?,33-,34?/m1/s1. The van der Waals surface area contributed by atoms with Gasteiger partial charge in [0.15, 0.2) is 6.61 Å². The number of carboxylic acid groups (broad SMARTS) is 1. The zero-order chi connectivity index (χ0) is 35.8. The van der Waals surface area contributed by atoms with Gasteiger partial charge in [0, 0.05) is 17.3 Å². The van der Waals surface area contributed by atoms with E-state index >= 15 is 0 Å². The van der Waals surface area contributed by atoms with Gasteiger partial charge in [-0.25, -0.2) is 9.18 Å². The number of rotatable bonds is 15. The SMILES string of the molecule is O=C(COc1ccc(C2C(CCC(O)c3ccc(F)cc3)C(=O)N2c2ccccc2)c(O)c1)N[C@@H](C(=O)N[C@H](CO)C(=O)O)c1ccccc1. The number of carboxylic acids is 1. The van der Waals surface area contributed by atoms with Crippen molar-refractivity contribution >= 4 is 29.4 Å². The Bertz CT molecular complexity index is 1810. The van der Waals surface area contributed by atoms with Crippen LogP contribution in [-0.2, 0) is 19.2 Å². The van der Waals surface area contributed by atoms with Crippen molar-refractivity contribution in [2.24, 2.45) is 5.92 Å². The largest absolute Gasteiger partial charge is 0.507 e. The Morgan fingerprint density at radius 1 is 0.880 bits per heavy atom. The van der Waals surface area contributed by atoms with Crippen molar-refractivity contribution in [2.45, 2.75) is 37.1 Å². The van der Waals surface area contributed by atoms with Gasteiger partial charge < -0.3 is 40.7 Å². The minimum absolute atomic E-state index is 0.119. The maximum Gasteiger partial charge on any atom is 0.328 e. The number of hydrogen-bond acceptors (Lipinski definition) is 8. The molecule has 260 valence electrons.